The lowest BCUT2D eigenvalue weighted by Crippen LogP contribution is -2.21. The molecule has 2 heterocycles. The summed E-state index contributed by atoms with van der Waals surface area (Å²) in [5.41, 5.74) is 2.55. The first-order valence-corrected chi connectivity index (χ1v) is 8.84. The number of hydrogen-bond donors (Lipinski definition) is 2. The molecule has 7 heteroatoms. The molecule has 0 saturated heterocycles. The molecule has 7 nitrogen and oxygen atoms in total. The molecule has 1 atom stereocenters. The van der Waals surface area contributed by atoms with Crippen LogP contribution in [0.15, 0.2) is 29.1 Å². The number of aromatic amines is 1. The number of fused-ring (bicyclic) bond motifs is 1. The highest BCUT2D eigenvalue weighted by Gasteiger charge is 2.30. The number of esters is 1. The van der Waals surface area contributed by atoms with Gasteiger partial charge in [0.25, 0.3) is 5.56 Å². The van der Waals surface area contributed by atoms with Gasteiger partial charge in [-0.15, -0.1) is 0 Å². The third-order valence-corrected chi connectivity index (χ3v) is 4.87. The van der Waals surface area contributed by atoms with Crippen molar-refractivity contribution in [2.24, 2.45) is 7.05 Å². The second kappa shape index (κ2) is 7.26. The van der Waals surface area contributed by atoms with E-state index >= 15 is 0 Å². The maximum Gasteiger partial charge on any atom is 0.306 e. The molecule has 0 radical (unpaired) electrons. The first-order valence-electron chi connectivity index (χ1n) is 8.84. The van der Waals surface area contributed by atoms with Crippen LogP contribution >= 0.6 is 0 Å². The number of hydrogen-bond acceptors (Lipinski definition) is 5. The van der Waals surface area contributed by atoms with E-state index < -0.39 is 17.4 Å². The molecule has 0 aliphatic carbocycles. The van der Waals surface area contributed by atoms with Crippen LogP contribution in [0.5, 0.6) is 5.75 Å². The average Bonchev–Trinajstić information content (AvgIpc) is 2.86. The normalized spacial score (nSPS) is 12.3. The standard InChI is InChI=1S/C20H23N3O4/c1-5-27-16(24)10-14(17-11(2)22-23(4)12(17)3)18-19(25)13-8-6-7-9-15(13)21-20(18)26/h6-9,14H,5,10H2,1-4H3,(H2,21,25,26). The monoisotopic (exact) mass is 369 g/mol. The second-order valence-electron chi connectivity index (χ2n) is 6.53. The number of benzene rings is 1. The van der Waals surface area contributed by atoms with Crippen LogP contribution < -0.4 is 5.56 Å². The number of carbonyl (C=O) groups is 1. The second-order valence-corrected chi connectivity index (χ2v) is 6.53. The number of aryl methyl sites for hydroxylation is 2. The predicted octanol–water partition coefficient (Wildman–Crippen LogP) is 2.67. The molecular weight excluding hydrogens is 346 g/mol. The van der Waals surface area contributed by atoms with Crippen molar-refractivity contribution in [3.05, 3.63) is 57.1 Å². The summed E-state index contributed by atoms with van der Waals surface area (Å²) in [4.78, 5) is 27.9. The fraction of sp³-hybridized carbons (Fsp3) is 0.350. The van der Waals surface area contributed by atoms with Crippen LogP contribution in [0, 0.1) is 13.8 Å². The molecule has 142 valence electrons. The van der Waals surface area contributed by atoms with Crippen LogP contribution in [0.2, 0.25) is 0 Å². The maximum absolute atomic E-state index is 12.8. The zero-order valence-corrected chi connectivity index (χ0v) is 15.9. The molecule has 3 aromatic rings. The van der Waals surface area contributed by atoms with Crippen molar-refractivity contribution in [1.82, 2.24) is 14.8 Å². The first kappa shape index (κ1) is 18.7. The molecule has 2 aromatic heterocycles. The molecule has 0 aliphatic heterocycles. The van der Waals surface area contributed by atoms with Crippen molar-refractivity contribution in [3.8, 4) is 5.75 Å². The highest BCUT2D eigenvalue weighted by molar-refractivity contribution is 5.86. The van der Waals surface area contributed by atoms with Crippen molar-refractivity contribution in [2.75, 3.05) is 6.61 Å². The van der Waals surface area contributed by atoms with Gasteiger partial charge in [-0.05, 0) is 32.9 Å². The minimum absolute atomic E-state index is 0.0593. The summed E-state index contributed by atoms with van der Waals surface area (Å²) >= 11 is 0. The number of aromatic hydroxyl groups is 1. The summed E-state index contributed by atoms with van der Waals surface area (Å²) in [6, 6.07) is 7.02. The maximum atomic E-state index is 12.8. The Morgan fingerprint density at radius 2 is 2.00 bits per heavy atom. The van der Waals surface area contributed by atoms with Gasteiger partial charge in [-0.25, -0.2) is 0 Å². The van der Waals surface area contributed by atoms with Crippen molar-refractivity contribution in [2.45, 2.75) is 33.1 Å². The highest BCUT2D eigenvalue weighted by Crippen LogP contribution is 2.37. The topological polar surface area (TPSA) is 97.2 Å². The molecule has 1 aromatic carbocycles. The molecule has 27 heavy (non-hydrogen) atoms. The first-order chi connectivity index (χ1) is 12.8. The fourth-order valence-corrected chi connectivity index (χ4v) is 3.59. The lowest BCUT2D eigenvalue weighted by molar-refractivity contribution is -0.143. The molecule has 0 bridgehead atoms. The molecule has 0 amide bonds. The van der Waals surface area contributed by atoms with Gasteiger partial charge < -0.3 is 14.8 Å². The van der Waals surface area contributed by atoms with Gasteiger partial charge in [0.15, 0.2) is 0 Å². The van der Waals surface area contributed by atoms with Crippen LogP contribution in [0.1, 0.15) is 41.8 Å². The molecule has 0 spiro atoms. The summed E-state index contributed by atoms with van der Waals surface area (Å²) in [6.45, 7) is 5.68. The predicted molar refractivity (Wildman–Crippen MR) is 102 cm³/mol. The molecule has 0 saturated carbocycles. The van der Waals surface area contributed by atoms with Gasteiger partial charge in [0.05, 0.1) is 29.8 Å². The van der Waals surface area contributed by atoms with Crippen molar-refractivity contribution in [1.29, 1.82) is 0 Å². The minimum atomic E-state index is -0.661. The molecule has 0 fully saturated rings. The Bertz CT molecular complexity index is 1070. The Morgan fingerprint density at radius 3 is 2.63 bits per heavy atom. The van der Waals surface area contributed by atoms with Crippen molar-refractivity contribution >= 4 is 16.9 Å². The van der Waals surface area contributed by atoms with Gasteiger partial charge in [-0.2, -0.15) is 5.10 Å². The van der Waals surface area contributed by atoms with E-state index in [-0.39, 0.29) is 24.3 Å². The van der Waals surface area contributed by atoms with Gasteiger partial charge in [0.2, 0.25) is 0 Å². The van der Waals surface area contributed by atoms with E-state index in [0.717, 1.165) is 11.3 Å². The van der Waals surface area contributed by atoms with Gasteiger partial charge >= 0.3 is 5.97 Å². The lowest BCUT2D eigenvalue weighted by atomic mass is 9.86. The molecule has 0 aliphatic rings. The van der Waals surface area contributed by atoms with E-state index in [2.05, 4.69) is 10.1 Å². The Labute approximate surface area is 156 Å². The number of rotatable bonds is 5. The van der Waals surface area contributed by atoms with E-state index in [4.69, 9.17) is 4.74 Å². The number of aromatic nitrogens is 3. The van der Waals surface area contributed by atoms with Gasteiger partial charge in [0, 0.05) is 29.6 Å². The van der Waals surface area contributed by atoms with Crippen molar-refractivity contribution < 1.29 is 14.6 Å². The summed E-state index contributed by atoms with van der Waals surface area (Å²) < 4.78 is 6.81. The van der Waals surface area contributed by atoms with E-state index in [0.29, 0.717) is 16.6 Å². The quantitative estimate of drug-likeness (QED) is 0.674. The highest BCUT2D eigenvalue weighted by atomic mass is 16.5. The summed E-state index contributed by atoms with van der Waals surface area (Å²) in [6.07, 6.45) is -0.0593. The van der Waals surface area contributed by atoms with Gasteiger partial charge in [0.1, 0.15) is 5.75 Å². The van der Waals surface area contributed by atoms with Gasteiger partial charge in [-0.1, -0.05) is 12.1 Å². The van der Waals surface area contributed by atoms with Crippen LogP contribution in [-0.4, -0.2) is 32.4 Å². The SMILES string of the molecule is CCOC(=O)CC(c1c(C)nn(C)c1C)c1c(O)c2ccccc2[nH]c1=O. The zero-order chi connectivity index (χ0) is 19.7. The smallest absolute Gasteiger partial charge is 0.306 e. The Morgan fingerprint density at radius 1 is 1.30 bits per heavy atom. The zero-order valence-electron chi connectivity index (χ0n) is 15.9. The molecular formula is C20H23N3O4. The summed E-state index contributed by atoms with van der Waals surface area (Å²) in [7, 11) is 1.80. The lowest BCUT2D eigenvalue weighted by Gasteiger charge is -2.19. The molecule has 3 rings (SSSR count). The largest absolute Gasteiger partial charge is 0.507 e. The van der Waals surface area contributed by atoms with Gasteiger partial charge in [-0.3, -0.25) is 14.3 Å². The van der Waals surface area contributed by atoms with Crippen molar-refractivity contribution in [3.63, 3.8) is 0 Å². The number of pyridine rings is 1. The van der Waals surface area contributed by atoms with Crippen LogP contribution in [-0.2, 0) is 16.6 Å². The number of H-pyrrole nitrogens is 1. The van der Waals surface area contributed by atoms with Crippen LogP contribution in [0.25, 0.3) is 10.9 Å². The molecule has 2 N–H and O–H groups in total. The van der Waals surface area contributed by atoms with E-state index in [1.807, 2.05) is 13.8 Å². The Kier molecular flexibility index (Phi) is 5.03. The van der Waals surface area contributed by atoms with Crippen LogP contribution in [0.4, 0.5) is 0 Å². The van der Waals surface area contributed by atoms with E-state index in [9.17, 15) is 14.7 Å². The third-order valence-electron chi connectivity index (χ3n) is 4.87. The summed E-state index contributed by atoms with van der Waals surface area (Å²) in [5.74, 6) is -1.21. The minimum Gasteiger partial charge on any atom is -0.507 e. The van der Waals surface area contributed by atoms with Crippen LogP contribution in [0.3, 0.4) is 0 Å². The number of ether oxygens (including phenoxy) is 1. The fourth-order valence-electron chi connectivity index (χ4n) is 3.59. The third kappa shape index (κ3) is 3.32. The summed E-state index contributed by atoms with van der Waals surface area (Å²) in [5, 5.41) is 15.8. The molecule has 1 unspecified atom stereocenters. The Balaban J connectivity index is 2.26. The number of nitrogens with one attached hydrogen (secondary N) is 1. The number of carbonyl (C=O) groups excluding carboxylic acids is 1. The Hall–Kier alpha value is -3.09. The average molecular weight is 369 g/mol. The number of nitrogens with zero attached hydrogens (tertiary/aromatic N) is 2. The van der Waals surface area contributed by atoms with E-state index in [1.165, 1.54) is 0 Å². The number of para-hydroxylation sites is 1. The van der Waals surface area contributed by atoms with E-state index in [1.54, 1.807) is 42.9 Å².